The van der Waals surface area contributed by atoms with Gasteiger partial charge in [-0.3, -0.25) is 0 Å². The number of hydrogen-bond donors (Lipinski definition) is 0. The van der Waals surface area contributed by atoms with Crippen molar-refractivity contribution in [2.24, 2.45) is 0 Å². The molecule has 101 heavy (non-hydrogen) atoms. The fourth-order valence-corrected chi connectivity index (χ4v) is 19.4. The van der Waals surface area contributed by atoms with Crippen LogP contribution < -0.4 is 25.1 Å². The van der Waals surface area contributed by atoms with Crippen LogP contribution in [0.3, 0.4) is 0 Å². The fourth-order valence-electron chi connectivity index (χ4n) is 16.6. The summed E-state index contributed by atoms with van der Waals surface area (Å²) in [6, 6.07) is 103. The first-order valence-corrected chi connectivity index (χ1v) is 37.2. The standard InChI is InChI=1S/C96H76BN3Se/c1-94(2,3)67-46-48-74-86(57-67)101-93-92(74)100(91-78(61-32-18-12-19-33-61)55-69(96(7,8)9)56-79(91)62-34-20-13-21-35-62)85-52-66(75-50-65-38-26-36-63-44-45-64-37-27-41-73(75)88(64)87(63)65)51-84-89(85)97(93)80-49-47-70(98-81-42-24-22-39-71(81)72-40-23-25-43-82(72)98)58-83(80)99(84)90-76(59-28-14-10-15-29-59)53-68(95(4,5)6)54-77(90)60-30-16-11-17-31-60/h10-58H,1-9H3/i47D,49D,58D. The van der Waals surface area contributed by atoms with Crippen LogP contribution in [0.25, 0.3) is 125 Å². The monoisotopic (exact) mass is 1360 g/mol. The Morgan fingerprint density at radius 3 is 1.32 bits per heavy atom. The van der Waals surface area contributed by atoms with Gasteiger partial charge in [0.05, 0.1) is 0 Å². The van der Waals surface area contributed by atoms with E-state index in [2.05, 4.69) is 356 Å². The summed E-state index contributed by atoms with van der Waals surface area (Å²) in [6.07, 6.45) is 0. The number of para-hydroxylation sites is 2. The molecule has 2 aromatic heterocycles. The normalized spacial score (nSPS) is 13.6. The van der Waals surface area contributed by atoms with Crippen molar-refractivity contribution in [3.8, 4) is 61.3 Å². The van der Waals surface area contributed by atoms with E-state index < -0.39 is 6.71 Å². The Morgan fingerprint density at radius 2 is 0.792 bits per heavy atom. The first-order chi connectivity index (χ1) is 50.3. The second-order valence-corrected chi connectivity index (χ2v) is 33.2. The Bertz CT molecular complexity index is 6220. The predicted octanol–water partition coefficient (Wildman–Crippen LogP) is 24.2. The molecule has 0 N–H and O–H groups in total. The molecular weight excluding hydrogens is 1280 g/mol. The molecule has 0 atom stereocenters. The maximum atomic E-state index is 11.8. The van der Waals surface area contributed by atoms with Crippen LogP contribution in [0, 0.1) is 0 Å². The molecule has 0 spiro atoms. The number of benzene rings is 15. The molecule has 0 fully saturated rings. The van der Waals surface area contributed by atoms with Gasteiger partial charge < -0.3 is 0 Å². The molecule has 17 aromatic rings. The molecule has 0 unspecified atom stereocenters. The number of anilines is 6. The van der Waals surface area contributed by atoms with E-state index in [0.717, 1.165) is 127 Å². The van der Waals surface area contributed by atoms with E-state index in [1.807, 2.05) is 0 Å². The SMILES string of the molecule is [2H]c1c([2H])c(-n2c3ccccc3c3ccccc32)c([2H])c2c1B1c3[se]c4cc(C(C)(C)C)ccc4c3N(c3c(-c4ccccc4)cc(C(C)(C)C)cc3-c3ccccc3)c3cc(-c4cc5cccc6ccc7cccc4c7c65)cc(c31)N2c1c(-c2ccccc2)cc(C(C)(C)C)cc1-c1ccccc1. The zero-order valence-corrected chi connectivity index (χ0v) is 60.1. The second-order valence-electron chi connectivity index (χ2n) is 30.9. The van der Waals surface area contributed by atoms with Gasteiger partial charge >= 0.3 is 607 Å². The Morgan fingerprint density at radius 1 is 0.337 bits per heavy atom. The summed E-state index contributed by atoms with van der Waals surface area (Å²) in [4.78, 5) is 5.15. The van der Waals surface area contributed by atoms with Gasteiger partial charge in [0.1, 0.15) is 0 Å². The third-order valence-electron chi connectivity index (χ3n) is 21.6. The van der Waals surface area contributed by atoms with Crippen LogP contribution >= 0.6 is 0 Å². The summed E-state index contributed by atoms with van der Waals surface area (Å²) >= 11 is -0.349. The minimum atomic E-state index is -0.591. The van der Waals surface area contributed by atoms with Crippen LogP contribution in [0.5, 0.6) is 0 Å². The molecule has 0 saturated heterocycles. The van der Waals surface area contributed by atoms with Gasteiger partial charge in [-0.05, 0) is 0 Å². The van der Waals surface area contributed by atoms with E-state index in [9.17, 15) is 4.11 Å². The molecule has 5 heteroatoms. The molecule has 2 aliphatic heterocycles. The van der Waals surface area contributed by atoms with Crippen LogP contribution in [0.15, 0.2) is 297 Å². The number of aromatic nitrogens is 1. The first kappa shape index (κ1) is 57.9. The molecule has 2 aliphatic rings. The summed E-state index contributed by atoms with van der Waals surface area (Å²) in [7, 11) is 0. The van der Waals surface area contributed by atoms with Crippen molar-refractivity contribution in [2.45, 2.75) is 78.6 Å². The minimum absolute atomic E-state index is 0.0166. The average molecular weight is 1360 g/mol. The summed E-state index contributed by atoms with van der Waals surface area (Å²) in [5.74, 6) is 0. The van der Waals surface area contributed by atoms with Crippen molar-refractivity contribution in [3.63, 3.8) is 0 Å². The van der Waals surface area contributed by atoms with Crippen molar-refractivity contribution < 1.29 is 4.11 Å². The van der Waals surface area contributed by atoms with E-state index >= 15 is 0 Å². The van der Waals surface area contributed by atoms with E-state index in [0.29, 0.717) is 16.8 Å². The number of hydrogen-bond acceptors (Lipinski definition) is 2. The predicted molar refractivity (Wildman–Crippen MR) is 436 cm³/mol. The van der Waals surface area contributed by atoms with Crippen LogP contribution in [-0.4, -0.2) is 25.8 Å². The Kier molecular flexibility index (Phi) is 13.1. The molecule has 0 bridgehead atoms. The van der Waals surface area contributed by atoms with Crippen LogP contribution in [0.1, 0.15) is 83.1 Å². The van der Waals surface area contributed by atoms with Crippen LogP contribution in [-0.2, 0) is 16.2 Å². The molecule has 3 nitrogen and oxygen atoms in total. The van der Waals surface area contributed by atoms with Crippen LogP contribution in [0.2, 0.25) is 0 Å². The van der Waals surface area contributed by atoms with Gasteiger partial charge in [-0.2, -0.15) is 0 Å². The summed E-state index contributed by atoms with van der Waals surface area (Å²) in [5, 5.41) is 10.4. The maximum absolute atomic E-state index is 11.8. The van der Waals surface area contributed by atoms with E-state index in [1.54, 1.807) is 0 Å². The molecule has 0 aliphatic carbocycles. The molecular formula is C96H76BN3Se. The number of nitrogens with zero attached hydrogens (tertiary/aromatic N) is 3. The summed E-state index contributed by atoms with van der Waals surface area (Å²) < 4.78 is 38.9. The first-order valence-electron chi connectivity index (χ1n) is 37.0. The molecule has 0 radical (unpaired) electrons. The molecule has 15 aromatic carbocycles. The van der Waals surface area contributed by atoms with E-state index in [4.69, 9.17) is 0 Å². The third kappa shape index (κ3) is 9.68. The molecule has 4 heterocycles. The molecule has 484 valence electrons. The van der Waals surface area contributed by atoms with Gasteiger partial charge in [0.2, 0.25) is 0 Å². The zero-order chi connectivity index (χ0) is 71.0. The average Bonchev–Trinajstić information content (AvgIpc) is 1.30. The van der Waals surface area contributed by atoms with E-state index in [1.165, 1.54) is 46.8 Å². The van der Waals surface area contributed by atoms with Crippen LogP contribution in [0.4, 0.5) is 34.1 Å². The quantitative estimate of drug-likeness (QED) is 0.111. The van der Waals surface area contributed by atoms with Gasteiger partial charge in [0.25, 0.3) is 0 Å². The van der Waals surface area contributed by atoms with Crippen molar-refractivity contribution in [1.82, 2.24) is 4.57 Å². The molecule has 0 amide bonds. The molecule has 0 saturated carbocycles. The van der Waals surface area contributed by atoms with Gasteiger partial charge in [0.15, 0.2) is 0 Å². The topological polar surface area (TPSA) is 11.4 Å². The summed E-state index contributed by atoms with van der Waals surface area (Å²) in [5.41, 5.74) is 22.9. The third-order valence-corrected chi connectivity index (χ3v) is 24.2. The Labute approximate surface area is 602 Å². The number of rotatable bonds is 8. The van der Waals surface area contributed by atoms with Gasteiger partial charge in [-0.15, -0.1) is 0 Å². The van der Waals surface area contributed by atoms with Crippen molar-refractivity contribution >= 4 is 134 Å². The summed E-state index contributed by atoms with van der Waals surface area (Å²) in [6.45, 7) is 20.3. The van der Waals surface area contributed by atoms with Gasteiger partial charge in [-0.25, -0.2) is 0 Å². The second kappa shape index (κ2) is 22.8. The van der Waals surface area contributed by atoms with Gasteiger partial charge in [-0.1, -0.05) is 0 Å². The Balaban J connectivity index is 1.07. The van der Waals surface area contributed by atoms with Gasteiger partial charge in [0, 0.05) is 0 Å². The molecule has 19 rings (SSSR count). The van der Waals surface area contributed by atoms with Crippen molar-refractivity contribution in [1.29, 1.82) is 0 Å². The Hall–Kier alpha value is -10.9. The zero-order valence-electron chi connectivity index (χ0n) is 61.4. The van der Waals surface area contributed by atoms with Crippen molar-refractivity contribution in [3.05, 3.63) is 314 Å². The fraction of sp³-hybridized carbons (Fsp3) is 0.125. The van der Waals surface area contributed by atoms with Crippen molar-refractivity contribution in [2.75, 3.05) is 9.80 Å². The number of fused-ring (bicyclic) bond motifs is 9. The van der Waals surface area contributed by atoms with E-state index in [-0.39, 0.29) is 48.9 Å².